The van der Waals surface area contributed by atoms with Crippen LogP contribution in [-0.2, 0) is 4.79 Å². The largest absolute Gasteiger partial charge is 0.481 e. The Morgan fingerprint density at radius 1 is 1.16 bits per heavy atom. The third-order valence-corrected chi connectivity index (χ3v) is 4.82. The fraction of sp³-hybridized carbons (Fsp3) is 0.579. The summed E-state index contributed by atoms with van der Waals surface area (Å²) in [6.45, 7) is 2.20. The highest BCUT2D eigenvalue weighted by Crippen LogP contribution is 2.24. The number of benzene rings is 1. The number of carbonyl (C=O) groups excluding carboxylic acids is 1. The minimum Gasteiger partial charge on any atom is -0.481 e. The number of aliphatic hydroxyl groups is 1. The fourth-order valence-corrected chi connectivity index (χ4v) is 3.41. The van der Waals surface area contributed by atoms with Gasteiger partial charge in [-0.1, -0.05) is 30.3 Å². The topological polar surface area (TPSA) is 98.7 Å². The third-order valence-electron chi connectivity index (χ3n) is 4.82. The van der Waals surface area contributed by atoms with Crippen molar-refractivity contribution < 1.29 is 19.8 Å². The van der Waals surface area contributed by atoms with Crippen LogP contribution in [0.25, 0.3) is 0 Å². The zero-order chi connectivity index (χ0) is 18.2. The first kappa shape index (κ1) is 19.2. The molecule has 1 aliphatic carbocycles. The summed E-state index contributed by atoms with van der Waals surface area (Å²) in [6, 6.07) is 9.64. The molecule has 0 radical (unpaired) electrons. The first-order chi connectivity index (χ1) is 12.0. The van der Waals surface area contributed by atoms with Crippen LogP contribution in [0.5, 0.6) is 0 Å². The van der Waals surface area contributed by atoms with Crippen molar-refractivity contribution in [3.05, 3.63) is 35.9 Å². The summed E-state index contributed by atoms with van der Waals surface area (Å²) in [4.78, 5) is 23.1. The highest BCUT2D eigenvalue weighted by Gasteiger charge is 2.26. The molecule has 0 saturated heterocycles. The minimum absolute atomic E-state index is 0.0301. The lowest BCUT2D eigenvalue weighted by Crippen LogP contribution is -2.45. The van der Waals surface area contributed by atoms with Gasteiger partial charge in [0.25, 0.3) is 0 Å². The van der Waals surface area contributed by atoms with Crippen molar-refractivity contribution in [2.24, 2.45) is 5.92 Å². The highest BCUT2D eigenvalue weighted by molar-refractivity contribution is 5.74. The second-order valence-corrected chi connectivity index (χ2v) is 6.93. The number of urea groups is 1. The summed E-state index contributed by atoms with van der Waals surface area (Å²) in [5.41, 5.74) is 1.09. The van der Waals surface area contributed by atoms with E-state index in [4.69, 9.17) is 5.11 Å². The van der Waals surface area contributed by atoms with Crippen LogP contribution >= 0.6 is 0 Å². The molecule has 1 aliphatic rings. The maximum atomic E-state index is 12.1. The third kappa shape index (κ3) is 6.38. The van der Waals surface area contributed by atoms with Crippen molar-refractivity contribution in [1.82, 2.24) is 10.6 Å². The normalized spacial score (nSPS) is 22.6. The van der Waals surface area contributed by atoms with Crippen molar-refractivity contribution in [2.75, 3.05) is 6.54 Å². The lowest BCUT2D eigenvalue weighted by molar-refractivity contribution is -0.142. The van der Waals surface area contributed by atoms with E-state index in [1.807, 2.05) is 30.3 Å². The van der Waals surface area contributed by atoms with E-state index in [2.05, 4.69) is 10.6 Å². The van der Waals surface area contributed by atoms with Crippen LogP contribution in [0.15, 0.2) is 30.3 Å². The summed E-state index contributed by atoms with van der Waals surface area (Å²) in [7, 11) is 0. The van der Waals surface area contributed by atoms with Gasteiger partial charge in [0.05, 0.1) is 12.0 Å². The number of aliphatic carboxylic acids is 1. The summed E-state index contributed by atoms with van der Waals surface area (Å²) in [5, 5.41) is 24.5. The van der Waals surface area contributed by atoms with Gasteiger partial charge in [0.2, 0.25) is 0 Å². The zero-order valence-corrected chi connectivity index (χ0v) is 14.6. The molecule has 2 unspecified atom stereocenters. The van der Waals surface area contributed by atoms with Crippen molar-refractivity contribution >= 4 is 12.0 Å². The summed E-state index contributed by atoms with van der Waals surface area (Å²) in [6.07, 6.45) is 2.74. The second kappa shape index (κ2) is 9.42. The Morgan fingerprint density at radius 3 is 2.36 bits per heavy atom. The number of rotatable bonds is 7. The summed E-state index contributed by atoms with van der Waals surface area (Å²) in [5.74, 6) is -0.976. The van der Waals surface area contributed by atoms with Crippen LogP contribution in [0.2, 0.25) is 0 Å². The molecule has 0 heterocycles. The van der Waals surface area contributed by atoms with E-state index in [1.54, 1.807) is 6.92 Å². The van der Waals surface area contributed by atoms with Crippen molar-refractivity contribution in [3.63, 3.8) is 0 Å². The Kier molecular flexibility index (Phi) is 7.25. The smallest absolute Gasteiger partial charge is 0.315 e. The van der Waals surface area contributed by atoms with Crippen LogP contribution in [-0.4, -0.2) is 40.9 Å². The van der Waals surface area contributed by atoms with E-state index >= 15 is 0 Å². The zero-order valence-electron chi connectivity index (χ0n) is 14.6. The molecule has 1 aromatic rings. The van der Waals surface area contributed by atoms with E-state index < -0.39 is 12.1 Å². The first-order valence-electron chi connectivity index (χ1n) is 8.96. The lowest BCUT2D eigenvalue weighted by Gasteiger charge is -2.27. The molecule has 2 amide bonds. The van der Waals surface area contributed by atoms with Gasteiger partial charge in [0.15, 0.2) is 0 Å². The van der Waals surface area contributed by atoms with Gasteiger partial charge >= 0.3 is 12.0 Å². The fourth-order valence-electron chi connectivity index (χ4n) is 3.41. The summed E-state index contributed by atoms with van der Waals surface area (Å²) < 4.78 is 0. The predicted octanol–water partition coefficient (Wildman–Crippen LogP) is 2.48. The Balaban J connectivity index is 1.80. The SMILES string of the molecule is CC(O)CC(CNC(=O)NC1CCC(C(=O)O)CC1)c1ccccc1. The molecule has 1 saturated carbocycles. The Bertz CT molecular complexity index is 554. The van der Waals surface area contributed by atoms with E-state index in [9.17, 15) is 14.7 Å². The van der Waals surface area contributed by atoms with E-state index in [0.717, 1.165) is 5.56 Å². The molecule has 0 spiro atoms. The van der Waals surface area contributed by atoms with Crippen LogP contribution in [0.1, 0.15) is 50.5 Å². The number of carboxylic acid groups (broad SMARTS) is 1. The van der Waals surface area contributed by atoms with Gasteiger partial charge in [-0.05, 0) is 44.6 Å². The van der Waals surface area contributed by atoms with E-state index in [0.29, 0.717) is 38.6 Å². The molecule has 0 aliphatic heterocycles. The number of carboxylic acids is 1. The van der Waals surface area contributed by atoms with Gasteiger partial charge in [-0.3, -0.25) is 4.79 Å². The van der Waals surface area contributed by atoms with Crippen LogP contribution in [0.4, 0.5) is 4.79 Å². The van der Waals surface area contributed by atoms with Gasteiger partial charge < -0.3 is 20.8 Å². The lowest BCUT2D eigenvalue weighted by atomic mass is 9.86. The Labute approximate surface area is 148 Å². The molecule has 25 heavy (non-hydrogen) atoms. The van der Waals surface area contributed by atoms with Gasteiger partial charge in [-0.2, -0.15) is 0 Å². The molecule has 6 heteroatoms. The molecule has 1 aromatic carbocycles. The molecular weight excluding hydrogens is 320 g/mol. The van der Waals surface area contributed by atoms with Crippen LogP contribution in [0, 0.1) is 5.92 Å². The van der Waals surface area contributed by atoms with Gasteiger partial charge in [-0.25, -0.2) is 4.79 Å². The Hall–Kier alpha value is -2.08. The molecule has 6 nitrogen and oxygen atoms in total. The molecule has 2 atom stereocenters. The molecule has 2 rings (SSSR count). The molecule has 0 bridgehead atoms. The Morgan fingerprint density at radius 2 is 1.80 bits per heavy atom. The number of amides is 2. The molecule has 138 valence electrons. The number of carbonyl (C=O) groups is 2. The van der Waals surface area contributed by atoms with Crippen LogP contribution < -0.4 is 10.6 Å². The van der Waals surface area contributed by atoms with Crippen molar-refractivity contribution in [1.29, 1.82) is 0 Å². The number of nitrogens with one attached hydrogen (secondary N) is 2. The van der Waals surface area contributed by atoms with E-state index in [-0.39, 0.29) is 23.9 Å². The average molecular weight is 348 g/mol. The highest BCUT2D eigenvalue weighted by atomic mass is 16.4. The average Bonchev–Trinajstić information content (AvgIpc) is 2.59. The maximum absolute atomic E-state index is 12.1. The van der Waals surface area contributed by atoms with Gasteiger partial charge in [0, 0.05) is 18.5 Å². The van der Waals surface area contributed by atoms with Gasteiger partial charge in [0.1, 0.15) is 0 Å². The van der Waals surface area contributed by atoms with Crippen molar-refractivity contribution in [3.8, 4) is 0 Å². The standard InChI is InChI=1S/C19H28N2O4/c1-13(22)11-16(14-5-3-2-4-6-14)12-20-19(25)21-17-9-7-15(8-10-17)18(23)24/h2-6,13,15-17,22H,7-12H2,1H3,(H,23,24)(H2,20,21,25). The van der Waals surface area contributed by atoms with E-state index in [1.165, 1.54) is 0 Å². The minimum atomic E-state index is -0.744. The maximum Gasteiger partial charge on any atom is 0.315 e. The monoisotopic (exact) mass is 348 g/mol. The number of aliphatic hydroxyl groups excluding tert-OH is 1. The molecule has 1 fully saturated rings. The molecule has 4 N–H and O–H groups in total. The molecular formula is C19H28N2O4. The quantitative estimate of drug-likeness (QED) is 0.608. The number of hydrogen-bond donors (Lipinski definition) is 4. The van der Waals surface area contributed by atoms with Crippen LogP contribution in [0.3, 0.4) is 0 Å². The second-order valence-electron chi connectivity index (χ2n) is 6.93. The predicted molar refractivity (Wildman–Crippen MR) is 95.4 cm³/mol. The van der Waals surface area contributed by atoms with Gasteiger partial charge in [-0.15, -0.1) is 0 Å². The first-order valence-corrected chi connectivity index (χ1v) is 8.96. The summed E-state index contributed by atoms with van der Waals surface area (Å²) >= 11 is 0. The van der Waals surface area contributed by atoms with Crippen molar-refractivity contribution in [2.45, 2.75) is 57.1 Å². The molecule has 0 aromatic heterocycles. The number of hydrogen-bond acceptors (Lipinski definition) is 3.